The number of nitrogens with zero attached hydrogens (tertiary/aromatic N) is 1. The van der Waals surface area contributed by atoms with Gasteiger partial charge in [0, 0.05) is 18.5 Å². The van der Waals surface area contributed by atoms with Gasteiger partial charge in [-0.25, -0.2) is 0 Å². The quantitative estimate of drug-likeness (QED) is 0.714. The first-order valence-corrected chi connectivity index (χ1v) is 7.78. The van der Waals surface area contributed by atoms with Crippen molar-refractivity contribution in [3.05, 3.63) is 29.8 Å². The molecule has 0 aromatic heterocycles. The van der Waals surface area contributed by atoms with E-state index in [4.69, 9.17) is 4.74 Å². The highest BCUT2D eigenvalue weighted by molar-refractivity contribution is 5.96. The zero-order valence-corrected chi connectivity index (χ0v) is 13.7. The predicted molar refractivity (Wildman–Crippen MR) is 88.7 cm³/mol. The zero-order valence-electron chi connectivity index (χ0n) is 12.8. The lowest BCUT2D eigenvalue weighted by Gasteiger charge is -2.25. The van der Waals surface area contributed by atoms with Gasteiger partial charge in [-0.1, -0.05) is 25.5 Å². The second-order valence-electron chi connectivity index (χ2n) is 5.45. The van der Waals surface area contributed by atoms with Crippen LogP contribution in [0.1, 0.15) is 49.4 Å². The van der Waals surface area contributed by atoms with Crippen LogP contribution in [0.25, 0.3) is 0 Å². The summed E-state index contributed by atoms with van der Waals surface area (Å²) in [5.41, 5.74) is 0.774. The normalized spacial score (nSPS) is 15.3. The molecule has 1 saturated heterocycles. The summed E-state index contributed by atoms with van der Waals surface area (Å²) in [6.45, 7) is 5.96. The Bertz CT molecular complexity index is 431. The van der Waals surface area contributed by atoms with Crippen LogP contribution in [-0.4, -0.2) is 36.9 Å². The van der Waals surface area contributed by atoms with Crippen molar-refractivity contribution in [1.29, 1.82) is 0 Å². The molecule has 0 spiro atoms. The first kappa shape index (κ1) is 18.0. The van der Waals surface area contributed by atoms with Crippen LogP contribution in [0.15, 0.2) is 24.3 Å². The van der Waals surface area contributed by atoms with Gasteiger partial charge in [-0.3, -0.25) is 4.79 Å². The number of hydrogen-bond acceptors (Lipinski definition) is 3. The summed E-state index contributed by atoms with van der Waals surface area (Å²) in [5.74, 6) is 1.02. The van der Waals surface area contributed by atoms with Gasteiger partial charge in [-0.15, -0.1) is 12.4 Å². The average Bonchev–Trinajstić information content (AvgIpc) is 2.52. The van der Waals surface area contributed by atoms with E-state index >= 15 is 0 Å². The van der Waals surface area contributed by atoms with Crippen LogP contribution in [-0.2, 0) is 0 Å². The molecule has 0 bridgehead atoms. The predicted octanol–water partition coefficient (Wildman–Crippen LogP) is 3.96. The number of carbonyl (C=O) groups is 1. The van der Waals surface area contributed by atoms with E-state index in [1.54, 1.807) is 0 Å². The molecule has 0 atom stereocenters. The van der Waals surface area contributed by atoms with Gasteiger partial charge in [0.05, 0.1) is 6.61 Å². The molecule has 0 N–H and O–H groups in total. The smallest absolute Gasteiger partial charge is 0.164 e. The first-order valence-electron chi connectivity index (χ1n) is 7.78. The van der Waals surface area contributed by atoms with Gasteiger partial charge in [-0.05, 0) is 44.5 Å². The van der Waals surface area contributed by atoms with Crippen molar-refractivity contribution in [2.45, 2.75) is 39.0 Å². The monoisotopic (exact) mass is 311 g/mol. The fraction of sp³-hybridized carbons (Fsp3) is 0.588. The third-order valence-electron chi connectivity index (χ3n) is 3.73. The third kappa shape index (κ3) is 6.06. The van der Waals surface area contributed by atoms with E-state index in [1.807, 2.05) is 24.3 Å². The van der Waals surface area contributed by atoms with Crippen molar-refractivity contribution >= 4 is 18.2 Å². The van der Waals surface area contributed by atoms with Crippen LogP contribution in [0, 0.1) is 0 Å². The number of piperidine rings is 1. The Hall–Kier alpha value is -1.06. The number of Topliss-reactive ketones (excluding diaryl/α,β-unsaturated/α-hetero) is 1. The number of rotatable bonds is 7. The average molecular weight is 312 g/mol. The second-order valence-corrected chi connectivity index (χ2v) is 5.45. The molecule has 2 rings (SSSR count). The van der Waals surface area contributed by atoms with Crippen LogP contribution >= 0.6 is 12.4 Å². The molecule has 21 heavy (non-hydrogen) atoms. The largest absolute Gasteiger partial charge is 0.494 e. The molecular weight excluding hydrogens is 286 g/mol. The summed E-state index contributed by atoms with van der Waals surface area (Å²) < 4.78 is 5.58. The molecule has 0 aliphatic carbocycles. The Morgan fingerprint density at radius 1 is 1.24 bits per heavy atom. The highest BCUT2D eigenvalue weighted by atomic mass is 35.5. The summed E-state index contributed by atoms with van der Waals surface area (Å²) in [7, 11) is 0. The van der Waals surface area contributed by atoms with Crippen LogP contribution in [0.4, 0.5) is 0 Å². The molecule has 118 valence electrons. The number of ether oxygens (including phenoxy) is 1. The molecule has 0 amide bonds. The maximum atomic E-state index is 12.2. The maximum Gasteiger partial charge on any atom is 0.164 e. The first-order chi connectivity index (χ1) is 9.79. The van der Waals surface area contributed by atoms with Crippen molar-refractivity contribution in [1.82, 2.24) is 4.90 Å². The van der Waals surface area contributed by atoms with E-state index in [0.29, 0.717) is 13.0 Å². The Morgan fingerprint density at radius 3 is 2.71 bits per heavy atom. The molecule has 3 nitrogen and oxygen atoms in total. The third-order valence-corrected chi connectivity index (χ3v) is 3.73. The van der Waals surface area contributed by atoms with Crippen LogP contribution < -0.4 is 4.74 Å². The highest BCUT2D eigenvalue weighted by Gasteiger charge is 2.13. The topological polar surface area (TPSA) is 29.5 Å². The highest BCUT2D eigenvalue weighted by Crippen LogP contribution is 2.16. The minimum absolute atomic E-state index is 0. The lowest BCUT2D eigenvalue weighted by atomic mass is 10.1. The van der Waals surface area contributed by atoms with Crippen molar-refractivity contribution in [2.24, 2.45) is 0 Å². The van der Waals surface area contributed by atoms with E-state index in [0.717, 1.165) is 37.4 Å². The van der Waals surface area contributed by atoms with Gasteiger partial charge in [0.1, 0.15) is 5.75 Å². The number of benzene rings is 1. The number of carbonyl (C=O) groups excluding carboxylic acids is 1. The van der Waals surface area contributed by atoms with Crippen LogP contribution in [0.2, 0.25) is 0 Å². The fourth-order valence-corrected chi connectivity index (χ4v) is 2.57. The minimum Gasteiger partial charge on any atom is -0.494 e. The van der Waals surface area contributed by atoms with Gasteiger partial charge in [-0.2, -0.15) is 0 Å². The van der Waals surface area contributed by atoms with E-state index in [-0.39, 0.29) is 18.2 Å². The Labute approximate surface area is 134 Å². The fourth-order valence-electron chi connectivity index (χ4n) is 2.57. The molecule has 1 heterocycles. The van der Waals surface area contributed by atoms with E-state index in [2.05, 4.69) is 11.8 Å². The lowest BCUT2D eigenvalue weighted by molar-refractivity contribution is 0.0958. The molecule has 1 aromatic carbocycles. The van der Waals surface area contributed by atoms with E-state index < -0.39 is 0 Å². The molecule has 1 aromatic rings. The molecule has 0 unspecified atom stereocenters. The Morgan fingerprint density at radius 2 is 2.00 bits per heavy atom. The van der Waals surface area contributed by atoms with Crippen molar-refractivity contribution in [3.63, 3.8) is 0 Å². The number of hydrogen-bond donors (Lipinski definition) is 0. The molecular formula is C17H26ClNO2. The Kier molecular flexibility index (Phi) is 8.40. The summed E-state index contributed by atoms with van der Waals surface area (Å²) in [6.07, 6.45) is 5.47. The number of ketones is 1. The zero-order chi connectivity index (χ0) is 14.2. The summed E-state index contributed by atoms with van der Waals surface area (Å²) in [4.78, 5) is 14.6. The molecule has 4 heteroatoms. The molecule has 1 fully saturated rings. The van der Waals surface area contributed by atoms with Crippen LogP contribution in [0.3, 0.4) is 0 Å². The van der Waals surface area contributed by atoms with Crippen molar-refractivity contribution in [2.75, 3.05) is 26.2 Å². The van der Waals surface area contributed by atoms with Gasteiger partial charge < -0.3 is 9.64 Å². The molecule has 0 radical (unpaired) electrons. The number of likely N-dealkylation sites (tertiary alicyclic amines) is 1. The van der Waals surface area contributed by atoms with Gasteiger partial charge in [0.2, 0.25) is 0 Å². The molecule has 1 aliphatic rings. The summed E-state index contributed by atoms with van der Waals surface area (Å²) >= 11 is 0. The van der Waals surface area contributed by atoms with E-state index in [1.165, 1.54) is 19.3 Å². The Balaban J connectivity index is 0.00000220. The molecule has 0 saturated carbocycles. The van der Waals surface area contributed by atoms with E-state index in [9.17, 15) is 4.79 Å². The second kappa shape index (κ2) is 9.80. The van der Waals surface area contributed by atoms with Crippen LogP contribution in [0.5, 0.6) is 5.75 Å². The number of halogens is 1. The van der Waals surface area contributed by atoms with Crippen molar-refractivity contribution in [3.8, 4) is 5.75 Å². The van der Waals surface area contributed by atoms with Gasteiger partial charge in [0.15, 0.2) is 5.78 Å². The van der Waals surface area contributed by atoms with Gasteiger partial charge >= 0.3 is 0 Å². The summed E-state index contributed by atoms with van der Waals surface area (Å²) in [6, 6.07) is 7.57. The summed E-state index contributed by atoms with van der Waals surface area (Å²) in [5, 5.41) is 0. The standard InChI is InChI=1S/C17H25NO2.ClH/c1-2-13-20-16-8-6-7-15(14-16)17(19)9-12-18-10-4-3-5-11-18;/h6-8,14H,2-5,9-13H2,1H3;1H. The van der Waals surface area contributed by atoms with Gasteiger partial charge in [0.25, 0.3) is 0 Å². The maximum absolute atomic E-state index is 12.2. The SMILES string of the molecule is CCCOc1cccc(C(=O)CCN2CCCCC2)c1.Cl. The van der Waals surface area contributed by atoms with Crippen molar-refractivity contribution < 1.29 is 9.53 Å². The lowest BCUT2D eigenvalue weighted by Crippen LogP contribution is -2.31. The molecule has 1 aliphatic heterocycles. The minimum atomic E-state index is 0.